The molecule has 5 nitrogen and oxygen atoms in total. The summed E-state index contributed by atoms with van der Waals surface area (Å²) >= 11 is 0. The van der Waals surface area contributed by atoms with E-state index in [0.29, 0.717) is 6.54 Å². The van der Waals surface area contributed by atoms with Crippen LogP contribution in [0.15, 0.2) is 30.6 Å². The van der Waals surface area contributed by atoms with Gasteiger partial charge in [0.05, 0.1) is 16.8 Å². The minimum Gasteiger partial charge on any atom is -0.388 e. The van der Waals surface area contributed by atoms with Crippen molar-refractivity contribution in [3.8, 4) is 0 Å². The van der Waals surface area contributed by atoms with Gasteiger partial charge in [-0.15, -0.1) is 0 Å². The van der Waals surface area contributed by atoms with E-state index in [4.69, 9.17) is 0 Å². The Morgan fingerprint density at radius 2 is 2.05 bits per heavy atom. The maximum atomic E-state index is 10.4. The van der Waals surface area contributed by atoms with Crippen molar-refractivity contribution in [2.45, 2.75) is 18.4 Å². The molecule has 2 aromatic heterocycles. The number of pyridine rings is 2. The van der Waals surface area contributed by atoms with E-state index in [1.807, 2.05) is 31.4 Å². The molecule has 0 saturated carbocycles. The summed E-state index contributed by atoms with van der Waals surface area (Å²) in [6.45, 7) is 2.33. The summed E-state index contributed by atoms with van der Waals surface area (Å²) in [4.78, 5) is 11.1. The van der Waals surface area contributed by atoms with Gasteiger partial charge in [-0.1, -0.05) is 0 Å². The van der Waals surface area contributed by atoms with Gasteiger partial charge >= 0.3 is 0 Å². The number of nitrogens with zero attached hydrogens (tertiary/aromatic N) is 3. The van der Waals surface area contributed by atoms with Gasteiger partial charge < -0.3 is 15.3 Å². The van der Waals surface area contributed by atoms with E-state index in [-0.39, 0.29) is 0 Å². The molecular weight excluding hydrogens is 252 g/mol. The van der Waals surface area contributed by atoms with Crippen LogP contribution in [0.4, 0.5) is 5.69 Å². The maximum Gasteiger partial charge on any atom is 0.112 e. The van der Waals surface area contributed by atoms with E-state index in [9.17, 15) is 5.11 Å². The summed E-state index contributed by atoms with van der Waals surface area (Å²) in [5, 5.41) is 13.5. The first-order valence-electron chi connectivity index (χ1n) is 7.03. The fourth-order valence-corrected chi connectivity index (χ4v) is 2.89. The van der Waals surface area contributed by atoms with Crippen LogP contribution < -0.4 is 10.2 Å². The van der Waals surface area contributed by atoms with E-state index >= 15 is 0 Å². The summed E-state index contributed by atoms with van der Waals surface area (Å²) in [6, 6.07) is 5.89. The Morgan fingerprint density at radius 3 is 2.80 bits per heavy atom. The van der Waals surface area contributed by atoms with Gasteiger partial charge in [-0.05, 0) is 38.1 Å². The molecule has 2 aromatic rings. The first-order chi connectivity index (χ1) is 9.72. The summed E-state index contributed by atoms with van der Waals surface area (Å²) in [7, 11) is 1.88. The van der Waals surface area contributed by atoms with Crippen molar-refractivity contribution in [3.63, 3.8) is 0 Å². The largest absolute Gasteiger partial charge is 0.388 e. The van der Waals surface area contributed by atoms with E-state index < -0.39 is 5.60 Å². The number of piperidine rings is 1. The van der Waals surface area contributed by atoms with Crippen molar-refractivity contribution in [1.82, 2.24) is 15.3 Å². The smallest absolute Gasteiger partial charge is 0.112 e. The lowest BCUT2D eigenvalue weighted by Gasteiger charge is -2.39. The zero-order chi connectivity index (χ0) is 14.0. The second-order valence-electron chi connectivity index (χ2n) is 5.44. The van der Waals surface area contributed by atoms with Gasteiger partial charge in [0.15, 0.2) is 0 Å². The first-order valence-corrected chi connectivity index (χ1v) is 7.03. The molecule has 0 aromatic carbocycles. The highest BCUT2D eigenvalue weighted by Crippen LogP contribution is 2.29. The first kappa shape index (κ1) is 13.3. The summed E-state index contributed by atoms with van der Waals surface area (Å²) < 4.78 is 0. The van der Waals surface area contributed by atoms with Crippen molar-refractivity contribution in [2.75, 3.05) is 31.6 Å². The van der Waals surface area contributed by atoms with Crippen LogP contribution in [0, 0.1) is 0 Å². The Labute approximate surface area is 118 Å². The van der Waals surface area contributed by atoms with Crippen molar-refractivity contribution >= 4 is 16.7 Å². The number of aliphatic hydroxyl groups is 1. The van der Waals surface area contributed by atoms with Gasteiger partial charge in [-0.3, -0.25) is 9.97 Å². The average molecular weight is 272 g/mol. The number of nitrogens with one attached hydrogen (secondary N) is 1. The predicted molar refractivity (Wildman–Crippen MR) is 79.9 cm³/mol. The molecule has 0 unspecified atom stereocenters. The summed E-state index contributed by atoms with van der Waals surface area (Å²) in [5.41, 5.74) is 2.39. The lowest BCUT2D eigenvalue weighted by atomic mass is 9.91. The highest BCUT2D eigenvalue weighted by Gasteiger charge is 2.32. The third-order valence-corrected chi connectivity index (χ3v) is 4.02. The van der Waals surface area contributed by atoms with Crippen LogP contribution in [-0.4, -0.2) is 47.4 Å². The van der Waals surface area contributed by atoms with Gasteiger partial charge in [0.25, 0.3) is 0 Å². The van der Waals surface area contributed by atoms with Crippen molar-refractivity contribution < 1.29 is 5.11 Å². The molecule has 20 heavy (non-hydrogen) atoms. The fourth-order valence-electron chi connectivity index (χ4n) is 2.89. The molecule has 0 radical (unpaired) electrons. The monoisotopic (exact) mass is 272 g/mol. The number of likely N-dealkylation sites (N-methyl/N-ethyl adjacent to an activating group) is 1. The van der Waals surface area contributed by atoms with E-state index in [0.717, 1.165) is 42.7 Å². The van der Waals surface area contributed by atoms with Crippen LogP contribution in [0.25, 0.3) is 11.0 Å². The minimum atomic E-state index is -0.582. The second-order valence-corrected chi connectivity index (χ2v) is 5.44. The number of hydrogen-bond donors (Lipinski definition) is 2. The van der Waals surface area contributed by atoms with Crippen molar-refractivity contribution in [3.05, 3.63) is 30.6 Å². The zero-order valence-electron chi connectivity index (χ0n) is 11.7. The van der Waals surface area contributed by atoms with Crippen LogP contribution in [-0.2, 0) is 0 Å². The molecule has 1 fully saturated rings. The van der Waals surface area contributed by atoms with Crippen LogP contribution >= 0.6 is 0 Å². The predicted octanol–water partition coefficient (Wildman–Crippen LogP) is 1.18. The molecule has 106 valence electrons. The number of rotatable bonds is 3. The second kappa shape index (κ2) is 5.34. The number of fused-ring (bicyclic) bond motifs is 1. The topological polar surface area (TPSA) is 61.3 Å². The third kappa shape index (κ3) is 2.46. The van der Waals surface area contributed by atoms with Gasteiger partial charge in [-0.2, -0.15) is 0 Å². The third-order valence-electron chi connectivity index (χ3n) is 4.02. The minimum absolute atomic E-state index is 0.582. The van der Waals surface area contributed by atoms with Crippen LogP contribution in [0.3, 0.4) is 0 Å². The lowest BCUT2D eigenvalue weighted by molar-refractivity contribution is 0.0185. The normalized spacial score (nSPS) is 18.4. The highest BCUT2D eigenvalue weighted by atomic mass is 16.3. The SMILES string of the molecule is CNCC1(O)CCN(c2ccnc3cccnc23)CC1. The van der Waals surface area contributed by atoms with Gasteiger partial charge in [0, 0.05) is 32.0 Å². The highest BCUT2D eigenvalue weighted by molar-refractivity contribution is 5.87. The van der Waals surface area contributed by atoms with E-state index in [2.05, 4.69) is 20.2 Å². The van der Waals surface area contributed by atoms with Crippen molar-refractivity contribution in [1.29, 1.82) is 0 Å². The average Bonchev–Trinajstić information content (AvgIpc) is 2.48. The molecular formula is C15H20N4O. The van der Waals surface area contributed by atoms with Gasteiger partial charge in [0.2, 0.25) is 0 Å². The Kier molecular flexibility index (Phi) is 3.54. The maximum absolute atomic E-state index is 10.4. The van der Waals surface area contributed by atoms with Crippen molar-refractivity contribution in [2.24, 2.45) is 0 Å². The Bertz CT molecular complexity index is 588. The number of hydrogen-bond acceptors (Lipinski definition) is 5. The molecule has 1 saturated heterocycles. The standard InChI is InChI=1S/C15H20N4O/c1-16-11-15(20)5-9-19(10-6-15)13-4-8-17-12-3-2-7-18-14(12)13/h2-4,7-8,16,20H,5-6,9-11H2,1H3. The quantitative estimate of drug-likeness (QED) is 0.878. The molecule has 3 heterocycles. The molecule has 1 aliphatic rings. The summed E-state index contributed by atoms with van der Waals surface area (Å²) in [6.07, 6.45) is 5.16. The molecule has 5 heteroatoms. The van der Waals surface area contributed by atoms with E-state index in [1.165, 1.54) is 0 Å². The zero-order valence-corrected chi connectivity index (χ0v) is 11.7. The molecule has 0 aliphatic carbocycles. The van der Waals surface area contributed by atoms with Crippen LogP contribution in [0.5, 0.6) is 0 Å². The molecule has 0 atom stereocenters. The fraction of sp³-hybridized carbons (Fsp3) is 0.467. The molecule has 2 N–H and O–H groups in total. The molecule has 0 spiro atoms. The molecule has 0 bridgehead atoms. The Hall–Kier alpha value is -1.72. The van der Waals surface area contributed by atoms with Crippen LogP contribution in [0.1, 0.15) is 12.8 Å². The number of aromatic nitrogens is 2. The Balaban J connectivity index is 1.84. The van der Waals surface area contributed by atoms with E-state index in [1.54, 1.807) is 6.20 Å². The number of anilines is 1. The molecule has 3 rings (SSSR count). The van der Waals surface area contributed by atoms with Gasteiger partial charge in [0.1, 0.15) is 5.52 Å². The summed E-state index contributed by atoms with van der Waals surface area (Å²) in [5.74, 6) is 0. The molecule has 1 aliphatic heterocycles. The van der Waals surface area contributed by atoms with Crippen LogP contribution in [0.2, 0.25) is 0 Å². The Morgan fingerprint density at radius 1 is 1.25 bits per heavy atom. The van der Waals surface area contributed by atoms with Gasteiger partial charge in [-0.25, -0.2) is 0 Å². The molecule has 0 amide bonds. The lowest BCUT2D eigenvalue weighted by Crippen LogP contribution is -2.49.